The third-order valence-electron chi connectivity index (χ3n) is 8.26. The summed E-state index contributed by atoms with van der Waals surface area (Å²) >= 11 is 0. The van der Waals surface area contributed by atoms with E-state index in [0.29, 0.717) is 6.54 Å². The Morgan fingerprint density at radius 1 is 1.10 bits per heavy atom. The number of nitrogens with zero attached hydrogens (tertiary/aromatic N) is 2. The van der Waals surface area contributed by atoms with Crippen LogP contribution in [0.4, 0.5) is 5.82 Å². The number of quaternary nitrogens is 2. The van der Waals surface area contributed by atoms with Crippen molar-refractivity contribution < 1.29 is 19.4 Å². The Balaban J connectivity index is 1.23. The van der Waals surface area contributed by atoms with Gasteiger partial charge in [0.05, 0.1) is 12.0 Å². The van der Waals surface area contributed by atoms with Crippen LogP contribution in [0.2, 0.25) is 0 Å². The molecule has 2 saturated heterocycles. The van der Waals surface area contributed by atoms with Crippen molar-refractivity contribution in [3.05, 3.63) is 24.4 Å². The number of carbonyl (C=O) groups excluding carboxylic acids is 2. The molecule has 29 heavy (non-hydrogen) atoms. The van der Waals surface area contributed by atoms with Crippen LogP contribution in [-0.4, -0.2) is 61.0 Å². The number of imide groups is 1. The van der Waals surface area contributed by atoms with Crippen LogP contribution in [0.3, 0.4) is 0 Å². The molecule has 0 radical (unpaired) electrons. The second kappa shape index (κ2) is 7.80. The second-order valence-corrected chi connectivity index (χ2v) is 9.97. The van der Waals surface area contributed by atoms with E-state index in [-0.39, 0.29) is 28.6 Å². The van der Waals surface area contributed by atoms with Crippen molar-refractivity contribution in [1.29, 1.82) is 0 Å². The van der Waals surface area contributed by atoms with E-state index < -0.39 is 0 Å². The van der Waals surface area contributed by atoms with Gasteiger partial charge >= 0.3 is 0 Å². The molecule has 2 bridgehead atoms. The molecule has 1 aromatic rings. The van der Waals surface area contributed by atoms with Gasteiger partial charge in [0.1, 0.15) is 26.2 Å². The molecule has 2 aliphatic heterocycles. The number of hydrogen-bond donors (Lipinski definition) is 2. The molecule has 3 heterocycles. The monoisotopic (exact) mass is 400 g/mol. The molecule has 3 aliphatic rings. The third kappa shape index (κ3) is 3.50. The molecule has 2 N–H and O–H groups in total. The number of pyridine rings is 1. The predicted octanol–water partition coefficient (Wildman–Crippen LogP) is 0.0880. The van der Waals surface area contributed by atoms with E-state index in [0.717, 1.165) is 64.2 Å². The van der Waals surface area contributed by atoms with Gasteiger partial charge in [0.15, 0.2) is 0 Å². The van der Waals surface area contributed by atoms with E-state index in [1.54, 1.807) is 9.80 Å². The molecule has 3 fully saturated rings. The van der Waals surface area contributed by atoms with Gasteiger partial charge in [0.2, 0.25) is 17.6 Å². The summed E-state index contributed by atoms with van der Waals surface area (Å²) in [6, 6.07) is 6.14. The van der Waals surface area contributed by atoms with Crippen molar-refractivity contribution in [2.75, 3.05) is 39.3 Å². The summed E-state index contributed by atoms with van der Waals surface area (Å²) in [6.45, 7) is 12.5. The average molecular weight is 401 g/mol. The van der Waals surface area contributed by atoms with Gasteiger partial charge in [0, 0.05) is 24.7 Å². The normalized spacial score (nSPS) is 33.9. The highest BCUT2D eigenvalue weighted by Gasteiger charge is 2.64. The van der Waals surface area contributed by atoms with Gasteiger partial charge in [-0.15, -0.1) is 0 Å². The van der Waals surface area contributed by atoms with Gasteiger partial charge in [-0.2, -0.15) is 0 Å². The third-order valence-corrected chi connectivity index (χ3v) is 8.26. The Labute approximate surface area is 174 Å². The molecule has 4 rings (SSSR count). The summed E-state index contributed by atoms with van der Waals surface area (Å²) < 4.78 is 0. The standard InChI is InChI=1S/C23H34N4O2/c1-22(2)18-9-10-23(22,3)21(29)27(20(18)28)13-7-6-12-25-14-16-26(17-15-25)19-8-4-5-11-24-19/h4-5,8,11,18H,6-7,9-10,12-17H2,1-3H3/p+2. The summed E-state index contributed by atoms with van der Waals surface area (Å²) in [4.78, 5) is 35.2. The highest BCUT2D eigenvalue weighted by Crippen LogP contribution is 2.59. The highest BCUT2D eigenvalue weighted by atomic mass is 16.2. The Kier molecular flexibility index (Phi) is 5.51. The number of amides is 2. The van der Waals surface area contributed by atoms with Gasteiger partial charge < -0.3 is 4.90 Å². The van der Waals surface area contributed by atoms with E-state index >= 15 is 0 Å². The smallest absolute Gasteiger partial charge is 0.235 e. The van der Waals surface area contributed by atoms with E-state index in [4.69, 9.17) is 0 Å². The van der Waals surface area contributed by atoms with Gasteiger partial charge in [-0.25, -0.2) is 4.98 Å². The maximum Gasteiger partial charge on any atom is 0.235 e. The predicted molar refractivity (Wildman–Crippen MR) is 111 cm³/mol. The zero-order valence-electron chi connectivity index (χ0n) is 18.2. The minimum absolute atomic E-state index is 0.0125. The van der Waals surface area contributed by atoms with Crippen LogP contribution in [0.25, 0.3) is 0 Å². The quantitative estimate of drug-likeness (QED) is 0.526. The van der Waals surface area contributed by atoms with Crippen LogP contribution in [0, 0.1) is 16.7 Å². The lowest BCUT2D eigenvalue weighted by atomic mass is 9.62. The maximum atomic E-state index is 13.1. The van der Waals surface area contributed by atoms with Crippen molar-refractivity contribution in [1.82, 2.24) is 9.88 Å². The number of fused-ring (bicyclic) bond motifs is 2. The Morgan fingerprint density at radius 3 is 2.55 bits per heavy atom. The van der Waals surface area contributed by atoms with Crippen LogP contribution in [0.15, 0.2) is 24.4 Å². The van der Waals surface area contributed by atoms with E-state index in [2.05, 4.69) is 37.9 Å². The molecule has 6 nitrogen and oxygen atoms in total. The minimum atomic E-state index is -0.374. The van der Waals surface area contributed by atoms with Gasteiger partial charge in [-0.05, 0) is 37.2 Å². The second-order valence-electron chi connectivity index (χ2n) is 9.97. The lowest BCUT2D eigenvalue weighted by Gasteiger charge is -2.47. The van der Waals surface area contributed by atoms with Crippen molar-refractivity contribution in [2.24, 2.45) is 16.7 Å². The fourth-order valence-electron chi connectivity index (χ4n) is 5.74. The SMILES string of the molecule is CC12CCC(C(=O)N(CCCC[NH+]3CC[NH+](c4ccccn4)CC3)C1=O)C2(C)C. The number of carbonyl (C=O) groups is 2. The number of likely N-dealkylation sites (tertiary alicyclic amines) is 1. The molecule has 1 aliphatic carbocycles. The summed E-state index contributed by atoms with van der Waals surface area (Å²) in [5.74, 6) is 1.31. The van der Waals surface area contributed by atoms with Crippen molar-refractivity contribution >= 4 is 17.6 Å². The maximum absolute atomic E-state index is 13.1. The molecule has 1 aromatic heterocycles. The minimum Gasteiger partial charge on any atom is -0.326 e. The number of rotatable bonds is 6. The summed E-state index contributed by atoms with van der Waals surface area (Å²) in [5.41, 5.74) is -0.584. The van der Waals surface area contributed by atoms with E-state index in [1.807, 2.05) is 12.3 Å². The molecule has 158 valence electrons. The molecule has 0 spiro atoms. The highest BCUT2D eigenvalue weighted by molar-refractivity contribution is 6.03. The van der Waals surface area contributed by atoms with E-state index in [1.165, 1.54) is 4.90 Å². The largest absolute Gasteiger partial charge is 0.326 e. The fourth-order valence-corrected chi connectivity index (χ4v) is 5.74. The first-order valence-electron chi connectivity index (χ1n) is 11.3. The number of hydrogen-bond acceptors (Lipinski definition) is 3. The molecular weight excluding hydrogens is 364 g/mol. The molecule has 0 aromatic carbocycles. The molecule has 2 amide bonds. The summed E-state index contributed by atoms with van der Waals surface area (Å²) in [6.07, 6.45) is 5.56. The van der Waals surface area contributed by atoms with Crippen LogP contribution < -0.4 is 9.80 Å². The van der Waals surface area contributed by atoms with Gasteiger partial charge in [-0.3, -0.25) is 19.4 Å². The zero-order valence-corrected chi connectivity index (χ0v) is 18.2. The first-order valence-corrected chi connectivity index (χ1v) is 11.3. The van der Waals surface area contributed by atoms with Crippen LogP contribution >= 0.6 is 0 Å². The first-order chi connectivity index (χ1) is 13.8. The Hall–Kier alpha value is -1.79. The first kappa shape index (κ1) is 20.5. The lowest BCUT2D eigenvalue weighted by Crippen LogP contribution is -3.26. The number of piperazine rings is 1. The van der Waals surface area contributed by atoms with Crippen LogP contribution in [-0.2, 0) is 9.59 Å². The molecule has 6 heteroatoms. The molecular formula is C23H36N4O2+2. The topological polar surface area (TPSA) is 59.2 Å². The van der Waals surface area contributed by atoms with Crippen molar-refractivity contribution in [3.8, 4) is 0 Å². The van der Waals surface area contributed by atoms with Crippen molar-refractivity contribution in [3.63, 3.8) is 0 Å². The van der Waals surface area contributed by atoms with Gasteiger partial charge in [-0.1, -0.05) is 26.8 Å². The summed E-state index contributed by atoms with van der Waals surface area (Å²) in [5, 5.41) is 0. The molecule has 2 unspecified atom stereocenters. The number of unbranched alkanes of at least 4 members (excludes halogenated alkanes) is 1. The fraction of sp³-hybridized carbons (Fsp3) is 0.696. The van der Waals surface area contributed by atoms with Crippen LogP contribution in [0.1, 0.15) is 46.5 Å². The average Bonchev–Trinajstić information content (AvgIpc) is 2.92. The van der Waals surface area contributed by atoms with Gasteiger partial charge in [0.25, 0.3) is 0 Å². The molecule has 1 saturated carbocycles. The number of piperidine rings is 1. The lowest BCUT2D eigenvalue weighted by molar-refractivity contribution is -0.987. The molecule has 2 atom stereocenters. The van der Waals surface area contributed by atoms with Crippen LogP contribution in [0.5, 0.6) is 0 Å². The Morgan fingerprint density at radius 2 is 1.86 bits per heavy atom. The Bertz CT molecular complexity index is 757. The summed E-state index contributed by atoms with van der Waals surface area (Å²) in [7, 11) is 0. The zero-order chi connectivity index (χ0) is 20.6. The van der Waals surface area contributed by atoms with Crippen molar-refractivity contribution in [2.45, 2.75) is 46.5 Å². The number of nitrogens with one attached hydrogen (secondary N) is 2. The number of aromatic nitrogens is 1. The van der Waals surface area contributed by atoms with E-state index in [9.17, 15) is 9.59 Å².